The van der Waals surface area contributed by atoms with Gasteiger partial charge in [0.1, 0.15) is 5.76 Å². The van der Waals surface area contributed by atoms with E-state index in [9.17, 15) is 4.79 Å². The quantitative estimate of drug-likeness (QED) is 0.577. The zero-order valence-electron chi connectivity index (χ0n) is 18.8. The van der Waals surface area contributed by atoms with Crippen molar-refractivity contribution < 1.29 is 9.21 Å². The number of amides is 1. The highest BCUT2D eigenvalue weighted by molar-refractivity contribution is 5.91. The van der Waals surface area contributed by atoms with Crippen molar-refractivity contribution in [3.63, 3.8) is 0 Å². The van der Waals surface area contributed by atoms with Crippen molar-refractivity contribution in [2.75, 3.05) is 19.6 Å². The number of hydrogen-bond acceptors (Lipinski definition) is 4. The summed E-state index contributed by atoms with van der Waals surface area (Å²) in [5.41, 5.74) is 1.28. The molecular formula is C25H37N3O2. The van der Waals surface area contributed by atoms with Gasteiger partial charge in [0.2, 0.25) is 0 Å². The van der Waals surface area contributed by atoms with E-state index in [1.54, 1.807) is 6.07 Å². The predicted octanol–water partition coefficient (Wildman–Crippen LogP) is 4.68. The number of carbonyl (C=O) groups excluding carboxylic acids is 1. The van der Waals surface area contributed by atoms with E-state index in [0.717, 1.165) is 25.3 Å². The lowest BCUT2D eigenvalue weighted by molar-refractivity contribution is 0.0916. The molecule has 1 aliphatic heterocycles. The Kier molecular flexibility index (Phi) is 8.52. The molecule has 0 saturated carbocycles. The van der Waals surface area contributed by atoms with Crippen molar-refractivity contribution in [1.29, 1.82) is 0 Å². The molecule has 5 nitrogen and oxygen atoms in total. The number of likely N-dealkylation sites (tertiary alicyclic amines) is 1. The molecule has 1 aliphatic rings. The molecule has 1 fully saturated rings. The molecule has 2 heterocycles. The van der Waals surface area contributed by atoms with Gasteiger partial charge in [0.25, 0.3) is 5.91 Å². The zero-order valence-corrected chi connectivity index (χ0v) is 18.8. The molecule has 0 unspecified atom stereocenters. The van der Waals surface area contributed by atoms with Crippen LogP contribution in [0.15, 0.2) is 46.9 Å². The minimum atomic E-state index is -0.118. The summed E-state index contributed by atoms with van der Waals surface area (Å²) in [6, 6.07) is 15.2. The Morgan fingerprint density at radius 2 is 1.97 bits per heavy atom. The monoisotopic (exact) mass is 411 g/mol. The second-order valence-corrected chi connectivity index (χ2v) is 8.74. The van der Waals surface area contributed by atoms with Gasteiger partial charge in [0, 0.05) is 31.7 Å². The summed E-state index contributed by atoms with van der Waals surface area (Å²) in [6.45, 7) is 11.1. The highest BCUT2D eigenvalue weighted by Gasteiger charge is 2.18. The van der Waals surface area contributed by atoms with Crippen molar-refractivity contribution in [1.82, 2.24) is 15.1 Å². The highest BCUT2D eigenvalue weighted by atomic mass is 16.4. The zero-order chi connectivity index (χ0) is 21.3. The lowest BCUT2D eigenvalue weighted by Gasteiger charge is -2.33. The number of carbonyl (C=O) groups is 1. The molecule has 30 heavy (non-hydrogen) atoms. The lowest BCUT2D eigenvalue weighted by Crippen LogP contribution is -2.39. The fourth-order valence-electron chi connectivity index (χ4n) is 4.09. The molecule has 1 aromatic carbocycles. The minimum absolute atomic E-state index is 0.118. The number of furan rings is 1. The molecular weight excluding hydrogens is 374 g/mol. The van der Waals surface area contributed by atoms with E-state index in [1.807, 2.05) is 12.1 Å². The van der Waals surface area contributed by atoms with Crippen LogP contribution in [0, 0.1) is 0 Å². The first-order chi connectivity index (χ1) is 14.5. The van der Waals surface area contributed by atoms with Crippen molar-refractivity contribution in [3.8, 4) is 0 Å². The van der Waals surface area contributed by atoms with Gasteiger partial charge in [-0.25, -0.2) is 0 Å². The van der Waals surface area contributed by atoms with Crippen LogP contribution in [-0.4, -0.2) is 47.4 Å². The minimum Gasteiger partial charge on any atom is -0.455 e. The SMILES string of the molecule is CC(C)N(Cc1ccccc1)Cc1ccc(C(=O)NCCCN2CCCC[C@@H]2C)o1. The van der Waals surface area contributed by atoms with Crippen molar-refractivity contribution in [2.24, 2.45) is 0 Å². The summed E-state index contributed by atoms with van der Waals surface area (Å²) >= 11 is 0. The molecule has 5 heteroatoms. The van der Waals surface area contributed by atoms with Gasteiger partial charge in [-0.2, -0.15) is 0 Å². The maximum atomic E-state index is 12.5. The van der Waals surface area contributed by atoms with Crippen molar-refractivity contribution >= 4 is 5.91 Å². The second-order valence-electron chi connectivity index (χ2n) is 8.74. The van der Waals surface area contributed by atoms with Crippen molar-refractivity contribution in [3.05, 3.63) is 59.5 Å². The van der Waals surface area contributed by atoms with E-state index in [2.05, 4.69) is 60.2 Å². The van der Waals surface area contributed by atoms with Crippen LogP contribution in [0.4, 0.5) is 0 Å². The van der Waals surface area contributed by atoms with Gasteiger partial charge in [-0.15, -0.1) is 0 Å². The average molecular weight is 412 g/mol. The van der Waals surface area contributed by atoms with Crippen LogP contribution < -0.4 is 5.32 Å². The van der Waals surface area contributed by atoms with E-state index in [-0.39, 0.29) is 5.91 Å². The summed E-state index contributed by atoms with van der Waals surface area (Å²) in [5, 5.41) is 3.01. The Morgan fingerprint density at radius 1 is 1.17 bits per heavy atom. The Morgan fingerprint density at radius 3 is 2.70 bits per heavy atom. The Bertz CT molecular complexity index is 772. The number of benzene rings is 1. The molecule has 3 rings (SSSR count). The van der Waals surface area contributed by atoms with Crippen LogP contribution >= 0.6 is 0 Å². The fraction of sp³-hybridized carbons (Fsp3) is 0.560. The average Bonchev–Trinajstić information content (AvgIpc) is 3.21. The number of nitrogens with one attached hydrogen (secondary N) is 1. The van der Waals surface area contributed by atoms with Gasteiger partial charge >= 0.3 is 0 Å². The molecule has 1 saturated heterocycles. The Labute approximate surface area is 181 Å². The largest absolute Gasteiger partial charge is 0.455 e. The van der Waals surface area contributed by atoms with Gasteiger partial charge < -0.3 is 14.6 Å². The molecule has 0 radical (unpaired) electrons. The van der Waals surface area contributed by atoms with E-state index in [4.69, 9.17) is 4.42 Å². The Hall–Kier alpha value is -2.11. The van der Waals surface area contributed by atoms with Crippen LogP contribution in [0.1, 0.15) is 68.3 Å². The number of hydrogen-bond donors (Lipinski definition) is 1. The summed E-state index contributed by atoms with van der Waals surface area (Å²) in [7, 11) is 0. The van der Waals surface area contributed by atoms with E-state index >= 15 is 0 Å². The van der Waals surface area contributed by atoms with Crippen molar-refractivity contribution in [2.45, 2.75) is 71.6 Å². The van der Waals surface area contributed by atoms with E-state index in [0.29, 0.717) is 30.9 Å². The molecule has 1 aromatic heterocycles. The topological polar surface area (TPSA) is 48.7 Å². The lowest BCUT2D eigenvalue weighted by atomic mass is 10.0. The summed E-state index contributed by atoms with van der Waals surface area (Å²) in [5.74, 6) is 1.11. The molecule has 1 amide bonds. The fourth-order valence-corrected chi connectivity index (χ4v) is 4.09. The maximum absolute atomic E-state index is 12.5. The van der Waals surface area contributed by atoms with Gasteiger partial charge in [0.15, 0.2) is 5.76 Å². The standard InChI is InChI=1S/C25H37N3O2/c1-20(2)28(18-22-11-5-4-6-12-22)19-23-13-14-24(30-23)25(29)26-15-9-17-27-16-8-7-10-21(27)3/h4-6,11-14,20-21H,7-10,15-19H2,1-3H3,(H,26,29)/t21-/m0/s1. The second kappa shape index (κ2) is 11.3. The van der Waals surface area contributed by atoms with Crippen LogP contribution in [0.3, 0.4) is 0 Å². The smallest absolute Gasteiger partial charge is 0.286 e. The van der Waals surface area contributed by atoms with Gasteiger partial charge in [-0.1, -0.05) is 36.8 Å². The van der Waals surface area contributed by atoms with Gasteiger partial charge in [-0.3, -0.25) is 9.69 Å². The normalized spacial score (nSPS) is 17.6. The summed E-state index contributed by atoms with van der Waals surface area (Å²) in [4.78, 5) is 17.3. The highest BCUT2D eigenvalue weighted by Crippen LogP contribution is 2.17. The van der Waals surface area contributed by atoms with Crippen LogP contribution in [0.25, 0.3) is 0 Å². The first kappa shape index (κ1) is 22.6. The molecule has 1 atom stereocenters. The molecule has 0 bridgehead atoms. The summed E-state index contributed by atoms with van der Waals surface area (Å²) < 4.78 is 5.86. The maximum Gasteiger partial charge on any atom is 0.286 e. The van der Waals surface area contributed by atoms with E-state index < -0.39 is 0 Å². The third-order valence-electron chi connectivity index (χ3n) is 6.05. The first-order valence-electron chi connectivity index (χ1n) is 11.4. The third kappa shape index (κ3) is 6.71. The molecule has 0 spiro atoms. The third-order valence-corrected chi connectivity index (χ3v) is 6.05. The molecule has 1 N–H and O–H groups in total. The van der Waals surface area contributed by atoms with Gasteiger partial charge in [-0.05, 0) is 64.3 Å². The van der Waals surface area contributed by atoms with Crippen LogP contribution in [-0.2, 0) is 13.1 Å². The van der Waals surface area contributed by atoms with Gasteiger partial charge in [0.05, 0.1) is 6.54 Å². The number of piperidine rings is 1. The summed E-state index contributed by atoms with van der Waals surface area (Å²) in [6.07, 6.45) is 4.90. The van der Waals surface area contributed by atoms with E-state index in [1.165, 1.54) is 31.4 Å². The molecule has 2 aromatic rings. The van der Waals surface area contributed by atoms with Crippen LogP contribution in [0.2, 0.25) is 0 Å². The number of rotatable bonds is 10. The molecule has 164 valence electrons. The van der Waals surface area contributed by atoms with Crippen LogP contribution in [0.5, 0.6) is 0 Å². The molecule has 0 aliphatic carbocycles. The first-order valence-corrected chi connectivity index (χ1v) is 11.4. The number of nitrogens with zero attached hydrogens (tertiary/aromatic N) is 2. The Balaban J connectivity index is 1.45. The predicted molar refractivity (Wildman–Crippen MR) is 121 cm³/mol.